The SMILES string of the molecule is CC(c1nc2ccc(C(=O)O)cc2n1CC1CCO1)N1CCN(c2cc(Cl)cc(OCc3ccc(C#N)cc3F)n2)CC1. The molecule has 2 fully saturated rings. The van der Waals surface area contributed by atoms with Gasteiger partial charge < -0.3 is 24.0 Å². The molecule has 0 aliphatic carbocycles. The second-order valence-electron chi connectivity index (χ2n) is 10.8. The van der Waals surface area contributed by atoms with Gasteiger partial charge in [0, 0.05) is 49.4 Å². The largest absolute Gasteiger partial charge is 0.478 e. The molecule has 2 aliphatic heterocycles. The van der Waals surface area contributed by atoms with Gasteiger partial charge in [-0.05, 0) is 49.7 Å². The molecule has 2 aliphatic rings. The number of carboxylic acid groups (broad SMARTS) is 1. The molecule has 0 saturated carbocycles. The molecule has 43 heavy (non-hydrogen) atoms. The second kappa shape index (κ2) is 12.2. The molecule has 2 saturated heterocycles. The molecule has 0 bridgehead atoms. The fourth-order valence-electron chi connectivity index (χ4n) is 5.50. The smallest absolute Gasteiger partial charge is 0.335 e. The van der Waals surface area contributed by atoms with E-state index in [1.807, 2.05) is 6.07 Å². The van der Waals surface area contributed by atoms with E-state index in [0.717, 1.165) is 43.0 Å². The molecule has 2 unspecified atom stereocenters. The Morgan fingerprint density at radius 1 is 1.19 bits per heavy atom. The Bertz CT molecular complexity index is 1710. The Balaban J connectivity index is 1.15. The highest BCUT2D eigenvalue weighted by atomic mass is 35.5. The van der Waals surface area contributed by atoms with E-state index < -0.39 is 11.8 Å². The number of hydrogen-bond acceptors (Lipinski definition) is 8. The van der Waals surface area contributed by atoms with Crippen LogP contribution >= 0.6 is 11.6 Å². The number of imidazole rings is 1. The highest BCUT2D eigenvalue weighted by Gasteiger charge is 2.29. The fraction of sp³-hybridized carbons (Fsp3) is 0.355. The number of aromatic carboxylic acids is 1. The van der Waals surface area contributed by atoms with E-state index in [2.05, 4.69) is 26.3 Å². The van der Waals surface area contributed by atoms with Crippen LogP contribution in [0.4, 0.5) is 10.2 Å². The van der Waals surface area contributed by atoms with Crippen molar-refractivity contribution in [1.29, 1.82) is 5.26 Å². The molecule has 0 amide bonds. The van der Waals surface area contributed by atoms with Crippen LogP contribution in [0.2, 0.25) is 5.02 Å². The summed E-state index contributed by atoms with van der Waals surface area (Å²) < 4.78 is 27.9. The van der Waals surface area contributed by atoms with Crippen LogP contribution in [0.1, 0.15) is 46.7 Å². The summed E-state index contributed by atoms with van der Waals surface area (Å²) in [5, 5.41) is 19.0. The van der Waals surface area contributed by atoms with Crippen LogP contribution in [0.25, 0.3) is 11.0 Å². The molecular weight excluding hydrogens is 575 g/mol. The molecule has 10 nitrogen and oxygen atoms in total. The number of ether oxygens (including phenoxy) is 2. The van der Waals surface area contributed by atoms with Gasteiger partial charge >= 0.3 is 5.97 Å². The summed E-state index contributed by atoms with van der Waals surface area (Å²) in [6.07, 6.45) is 1.05. The lowest BCUT2D eigenvalue weighted by Gasteiger charge is -2.38. The van der Waals surface area contributed by atoms with Crippen molar-refractivity contribution in [3.05, 3.63) is 81.9 Å². The van der Waals surface area contributed by atoms with Gasteiger partial charge in [0.25, 0.3) is 0 Å². The number of nitriles is 1. The van der Waals surface area contributed by atoms with E-state index in [4.69, 9.17) is 31.3 Å². The number of anilines is 1. The quantitative estimate of drug-likeness (QED) is 0.280. The second-order valence-corrected chi connectivity index (χ2v) is 11.2. The van der Waals surface area contributed by atoms with Gasteiger partial charge in [-0.25, -0.2) is 14.2 Å². The molecule has 1 N–H and O–H groups in total. The normalized spacial score (nSPS) is 17.8. The number of benzene rings is 2. The summed E-state index contributed by atoms with van der Waals surface area (Å²) >= 11 is 6.40. The Morgan fingerprint density at radius 2 is 1.98 bits per heavy atom. The molecule has 12 heteroatoms. The summed E-state index contributed by atoms with van der Waals surface area (Å²) in [6.45, 7) is 6.31. The van der Waals surface area contributed by atoms with Gasteiger partial charge in [0.1, 0.15) is 24.1 Å². The minimum absolute atomic E-state index is 0.0172. The standard InChI is InChI=1S/C31H30ClFN6O4/c1-19(30-35-26-5-4-21(31(40)41)13-27(26)39(30)17-24-6-11-42-24)37-7-9-38(10-8-37)28-14-23(32)15-29(36-28)43-18-22-3-2-20(16-34)12-25(22)33/h2-5,12-15,19,24H,6-11,17-18H2,1H3,(H,40,41). The van der Waals surface area contributed by atoms with Crippen LogP contribution in [0.15, 0.2) is 48.5 Å². The van der Waals surface area contributed by atoms with Gasteiger partial charge in [0.05, 0.1) is 46.9 Å². The maximum Gasteiger partial charge on any atom is 0.335 e. The van der Waals surface area contributed by atoms with E-state index in [9.17, 15) is 14.3 Å². The van der Waals surface area contributed by atoms with Crippen molar-refractivity contribution in [3.8, 4) is 11.9 Å². The van der Waals surface area contributed by atoms with E-state index >= 15 is 0 Å². The Labute approximate surface area is 252 Å². The molecule has 2 aromatic heterocycles. The third kappa shape index (κ3) is 6.13. The fourth-order valence-corrected chi connectivity index (χ4v) is 5.69. The number of rotatable bonds is 9. The van der Waals surface area contributed by atoms with Gasteiger partial charge in [0.2, 0.25) is 5.88 Å². The first kappa shape index (κ1) is 28.9. The first-order valence-corrected chi connectivity index (χ1v) is 14.5. The zero-order chi connectivity index (χ0) is 30.1. The summed E-state index contributed by atoms with van der Waals surface area (Å²) in [7, 11) is 0. The molecule has 0 spiro atoms. The van der Waals surface area contributed by atoms with Crippen molar-refractivity contribution in [2.24, 2.45) is 0 Å². The first-order chi connectivity index (χ1) is 20.8. The number of fused-ring (bicyclic) bond motifs is 1. The molecule has 6 rings (SSSR count). The van der Waals surface area contributed by atoms with E-state index in [0.29, 0.717) is 36.0 Å². The number of nitrogens with zero attached hydrogens (tertiary/aromatic N) is 6. The summed E-state index contributed by atoms with van der Waals surface area (Å²) in [6, 6.07) is 14.6. The van der Waals surface area contributed by atoms with Gasteiger partial charge in [-0.2, -0.15) is 10.2 Å². The predicted octanol–water partition coefficient (Wildman–Crippen LogP) is 5.04. The van der Waals surface area contributed by atoms with Crippen LogP contribution in [0, 0.1) is 17.1 Å². The highest BCUT2D eigenvalue weighted by Crippen LogP contribution is 2.30. The molecule has 2 atom stereocenters. The zero-order valence-electron chi connectivity index (χ0n) is 23.5. The predicted molar refractivity (Wildman–Crippen MR) is 158 cm³/mol. The Hall–Kier alpha value is -4.24. The van der Waals surface area contributed by atoms with Crippen molar-refractivity contribution < 1.29 is 23.8 Å². The van der Waals surface area contributed by atoms with Crippen molar-refractivity contribution in [2.75, 3.05) is 37.7 Å². The third-order valence-electron chi connectivity index (χ3n) is 8.07. The number of halogens is 2. The number of hydrogen-bond donors (Lipinski definition) is 1. The summed E-state index contributed by atoms with van der Waals surface area (Å²) in [5.41, 5.74) is 2.36. The van der Waals surface area contributed by atoms with Crippen molar-refractivity contribution in [1.82, 2.24) is 19.4 Å². The maximum atomic E-state index is 14.3. The number of aromatic nitrogens is 3. The van der Waals surface area contributed by atoms with Crippen molar-refractivity contribution >= 4 is 34.4 Å². The lowest BCUT2D eigenvalue weighted by Crippen LogP contribution is -2.48. The van der Waals surface area contributed by atoms with Crippen molar-refractivity contribution in [3.63, 3.8) is 0 Å². The minimum Gasteiger partial charge on any atom is -0.478 e. The van der Waals surface area contributed by atoms with Crippen LogP contribution < -0.4 is 9.64 Å². The Kier molecular flexibility index (Phi) is 8.17. The highest BCUT2D eigenvalue weighted by molar-refractivity contribution is 6.30. The molecule has 0 radical (unpaired) electrons. The van der Waals surface area contributed by atoms with Crippen LogP contribution in [0.3, 0.4) is 0 Å². The van der Waals surface area contributed by atoms with E-state index in [-0.39, 0.29) is 35.8 Å². The minimum atomic E-state index is -0.968. The average molecular weight is 605 g/mol. The van der Waals surface area contributed by atoms with Gasteiger partial charge in [-0.3, -0.25) is 4.90 Å². The summed E-state index contributed by atoms with van der Waals surface area (Å²) in [4.78, 5) is 25.7. The first-order valence-electron chi connectivity index (χ1n) is 14.1. The zero-order valence-corrected chi connectivity index (χ0v) is 24.3. The van der Waals surface area contributed by atoms with E-state index in [1.165, 1.54) is 12.1 Å². The summed E-state index contributed by atoms with van der Waals surface area (Å²) in [5.74, 6) is 0.362. The lowest BCUT2D eigenvalue weighted by molar-refractivity contribution is -0.0594. The van der Waals surface area contributed by atoms with Crippen LogP contribution in [-0.2, 0) is 17.9 Å². The Morgan fingerprint density at radius 3 is 2.65 bits per heavy atom. The van der Waals surface area contributed by atoms with Gasteiger partial charge in [-0.1, -0.05) is 17.7 Å². The number of pyridine rings is 1. The van der Waals surface area contributed by atoms with Crippen LogP contribution in [0.5, 0.6) is 5.88 Å². The molecule has 2 aromatic carbocycles. The van der Waals surface area contributed by atoms with Gasteiger partial charge in [-0.15, -0.1) is 0 Å². The topological polar surface area (TPSA) is 117 Å². The number of carbonyl (C=O) groups is 1. The van der Waals surface area contributed by atoms with Crippen molar-refractivity contribution in [2.45, 2.75) is 38.6 Å². The van der Waals surface area contributed by atoms with E-state index in [1.54, 1.807) is 36.4 Å². The lowest BCUT2D eigenvalue weighted by atomic mass is 10.1. The molecular formula is C31H30ClFN6O4. The number of carboxylic acids is 1. The molecule has 222 valence electrons. The third-order valence-corrected chi connectivity index (χ3v) is 8.29. The van der Waals surface area contributed by atoms with Gasteiger partial charge in [0.15, 0.2) is 0 Å². The molecule has 4 aromatic rings. The average Bonchev–Trinajstić information content (AvgIpc) is 3.35. The molecule has 4 heterocycles. The van der Waals surface area contributed by atoms with Crippen LogP contribution in [-0.4, -0.2) is 69.4 Å². The number of piperazine rings is 1. The monoisotopic (exact) mass is 604 g/mol. The maximum absolute atomic E-state index is 14.3.